The molecule has 1 aromatic carbocycles. The van der Waals surface area contributed by atoms with Crippen LogP contribution < -0.4 is 10.2 Å². The van der Waals surface area contributed by atoms with E-state index in [1.807, 2.05) is 24.3 Å². The molecule has 3 heterocycles. The number of aromatic amines is 1. The van der Waals surface area contributed by atoms with E-state index in [1.165, 1.54) is 0 Å². The van der Waals surface area contributed by atoms with Crippen LogP contribution in [-0.2, 0) is 0 Å². The maximum Gasteiger partial charge on any atom is 0.272 e. The zero-order chi connectivity index (χ0) is 16.4. The molecule has 0 bridgehead atoms. The largest absolute Gasteiger partial charge is 0.353 e. The third-order valence-corrected chi connectivity index (χ3v) is 4.32. The lowest BCUT2D eigenvalue weighted by Gasteiger charge is -2.33. The van der Waals surface area contributed by atoms with E-state index in [0.717, 1.165) is 42.7 Å². The molecule has 0 aliphatic carbocycles. The first-order chi connectivity index (χ1) is 11.8. The fourth-order valence-corrected chi connectivity index (χ4v) is 3.15. The number of nitrogens with zero attached hydrogens (tertiary/aromatic N) is 4. The van der Waals surface area contributed by atoms with Gasteiger partial charge in [-0.1, -0.05) is 18.2 Å². The van der Waals surface area contributed by atoms with Gasteiger partial charge in [0.15, 0.2) is 5.69 Å². The van der Waals surface area contributed by atoms with Gasteiger partial charge in [0.05, 0.1) is 11.7 Å². The average molecular weight is 322 g/mol. The molecule has 1 fully saturated rings. The summed E-state index contributed by atoms with van der Waals surface area (Å²) in [5.74, 6) is 0.708. The molecule has 7 nitrogen and oxygen atoms in total. The summed E-state index contributed by atoms with van der Waals surface area (Å²) in [5.41, 5.74) is 1.31. The van der Waals surface area contributed by atoms with Gasteiger partial charge in [-0.15, -0.1) is 0 Å². The maximum atomic E-state index is 12.6. The Kier molecular flexibility index (Phi) is 3.82. The van der Waals surface area contributed by atoms with Crippen LogP contribution in [0.4, 0.5) is 5.82 Å². The highest BCUT2D eigenvalue weighted by atomic mass is 16.2. The highest BCUT2D eigenvalue weighted by Gasteiger charge is 2.24. The van der Waals surface area contributed by atoms with Gasteiger partial charge in [-0.3, -0.25) is 14.9 Å². The van der Waals surface area contributed by atoms with Gasteiger partial charge in [0.1, 0.15) is 5.82 Å². The molecule has 2 N–H and O–H groups in total. The molecular formula is C17H18N6O. The molecule has 1 aliphatic rings. The van der Waals surface area contributed by atoms with Crippen LogP contribution in [0.2, 0.25) is 0 Å². The van der Waals surface area contributed by atoms with Crippen LogP contribution in [-0.4, -0.2) is 45.2 Å². The Morgan fingerprint density at radius 2 is 2.21 bits per heavy atom. The summed E-state index contributed by atoms with van der Waals surface area (Å²) in [4.78, 5) is 23.2. The summed E-state index contributed by atoms with van der Waals surface area (Å²) in [5, 5.41) is 11.0. The van der Waals surface area contributed by atoms with Crippen molar-refractivity contribution in [2.75, 3.05) is 18.0 Å². The third-order valence-electron chi connectivity index (χ3n) is 4.32. The van der Waals surface area contributed by atoms with E-state index in [1.54, 1.807) is 18.6 Å². The smallest absolute Gasteiger partial charge is 0.272 e. The zero-order valence-electron chi connectivity index (χ0n) is 13.1. The van der Waals surface area contributed by atoms with Crippen LogP contribution in [0.3, 0.4) is 0 Å². The van der Waals surface area contributed by atoms with Gasteiger partial charge in [0.2, 0.25) is 0 Å². The fourth-order valence-electron chi connectivity index (χ4n) is 3.15. The van der Waals surface area contributed by atoms with Crippen LogP contribution in [0.25, 0.3) is 10.9 Å². The minimum atomic E-state index is -0.140. The SMILES string of the molecule is O=C(N[C@@H]1CCCN(c2cnccn2)C1)c1n[nH]c2ccccc12. The summed E-state index contributed by atoms with van der Waals surface area (Å²) in [6, 6.07) is 7.71. The van der Waals surface area contributed by atoms with Crippen molar-refractivity contribution >= 4 is 22.6 Å². The van der Waals surface area contributed by atoms with Gasteiger partial charge in [-0.05, 0) is 18.9 Å². The standard InChI is InChI=1S/C17H18N6O/c24-17(16-13-5-1-2-6-14(13)21-22-16)20-12-4-3-9-23(11-12)15-10-18-7-8-19-15/h1-2,5-8,10,12H,3-4,9,11H2,(H,20,24)(H,21,22)/t12-/m1/s1. The van der Waals surface area contributed by atoms with Crippen LogP contribution in [0.5, 0.6) is 0 Å². The van der Waals surface area contributed by atoms with Gasteiger partial charge >= 0.3 is 0 Å². The number of hydrogen-bond donors (Lipinski definition) is 2. The Balaban J connectivity index is 1.47. The highest BCUT2D eigenvalue weighted by molar-refractivity contribution is 6.04. The molecule has 0 spiro atoms. The first kappa shape index (κ1) is 14.6. The average Bonchev–Trinajstić information content (AvgIpc) is 3.07. The highest BCUT2D eigenvalue weighted by Crippen LogP contribution is 2.18. The topological polar surface area (TPSA) is 86.8 Å². The number of para-hydroxylation sites is 1. The van der Waals surface area contributed by atoms with Crippen molar-refractivity contribution in [2.24, 2.45) is 0 Å². The number of carbonyl (C=O) groups is 1. The summed E-state index contributed by atoms with van der Waals surface area (Å²) in [6.07, 6.45) is 7.06. The van der Waals surface area contributed by atoms with Gasteiger partial charge < -0.3 is 10.2 Å². The Labute approximate surface area is 139 Å². The molecule has 0 radical (unpaired) electrons. The summed E-state index contributed by atoms with van der Waals surface area (Å²) in [7, 11) is 0. The molecule has 7 heteroatoms. The first-order valence-corrected chi connectivity index (χ1v) is 8.06. The second-order valence-corrected chi connectivity index (χ2v) is 5.94. The van der Waals surface area contributed by atoms with Crippen molar-refractivity contribution in [1.82, 2.24) is 25.5 Å². The minimum absolute atomic E-state index is 0.0729. The van der Waals surface area contributed by atoms with Crippen LogP contribution >= 0.6 is 0 Å². The molecule has 0 saturated carbocycles. The molecule has 1 aliphatic heterocycles. The normalized spacial score (nSPS) is 17.8. The fraction of sp³-hybridized carbons (Fsp3) is 0.294. The first-order valence-electron chi connectivity index (χ1n) is 8.06. The second kappa shape index (κ2) is 6.27. The predicted molar refractivity (Wildman–Crippen MR) is 90.8 cm³/mol. The van der Waals surface area contributed by atoms with Crippen molar-refractivity contribution in [3.8, 4) is 0 Å². The molecule has 0 unspecified atom stereocenters. The van der Waals surface area contributed by atoms with E-state index in [0.29, 0.717) is 5.69 Å². The van der Waals surface area contributed by atoms with Crippen molar-refractivity contribution < 1.29 is 4.79 Å². The summed E-state index contributed by atoms with van der Waals surface area (Å²) >= 11 is 0. The molecule has 1 atom stereocenters. The monoisotopic (exact) mass is 322 g/mol. The van der Waals surface area contributed by atoms with E-state index in [9.17, 15) is 4.79 Å². The van der Waals surface area contributed by atoms with Crippen molar-refractivity contribution in [3.63, 3.8) is 0 Å². The zero-order valence-corrected chi connectivity index (χ0v) is 13.1. The molecule has 3 aromatic rings. The lowest BCUT2D eigenvalue weighted by molar-refractivity contribution is 0.0929. The van der Waals surface area contributed by atoms with Gasteiger partial charge in [0.25, 0.3) is 5.91 Å². The predicted octanol–water partition coefficient (Wildman–Crippen LogP) is 1.75. The lowest BCUT2D eigenvalue weighted by atomic mass is 10.1. The Morgan fingerprint density at radius 3 is 3.08 bits per heavy atom. The number of piperidine rings is 1. The van der Waals surface area contributed by atoms with Crippen molar-refractivity contribution in [3.05, 3.63) is 48.5 Å². The van der Waals surface area contributed by atoms with Crippen LogP contribution in [0.15, 0.2) is 42.9 Å². The molecule has 1 amide bonds. The molecule has 122 valence electrons. The Morgan fingerprint density at radius 1 is 1.29 bits per heavy atom. The molecule has 4 rings (SSSR count). The Bertz CT molecular complexity index is 846. The molecule has 1 saturated heterocycles. The van der Waals surface area contributed by atoms with E-state index < -0.39 is 0 Å². The van der Waals surface area contributed by atoms with Gasteiger partial charge in [-0.2, -0.15) is 5.10 Å². The minimum Gasteiger partial charge on any atom is -0.353 e. The number of carbonyl (C=O) groups excluding carboxylic acids is 1. The summed E-state index contributed by atoms with van der Waals surface area (Å²) < 4.78 is 0. The maximum absolute atomic E-state index is 12.6. The number of anilines is 1. The van der Waals surface area contributed by atoms with E-state index in [2.05, 4.69) is 30.4 Å². The number of rotatable bonds is 3. The van der Waals surface area contributed by atoms with Crippen molar-refractivity contribution in [2.45, 2.75) is 18.9 Å². The number of fused-ring (bicyclic) bond motifs is 1. The quantitative estimate of drug-likeness (QED) is 0.767. The lowest BCUT2D eigenvalue weighted by Crippen LogP contribution is -2.48. The van der Waals surface area contributed by atoms with Crippen molar-refractivity contribution in [1.29, 1.82) is 0 Å². The van der Waals surface area contributed by atoms with Crippen LogP contribution in [0.1, 0.15) is 23.3 Å². The molecular weight excluding hydrogens is 304 g/mol. The number of benzene rings is 1. The van der Waals surface area contributed by atoms with E-state index in [-0.39, 0.29) is 11.9 Å². The Hall–Kier alpha value is -2.96. The number of nitrogens with one attached hydrogen (secondary N) is 2. The van der Waals surface area contributed by atoms with Gasteiger partial charge in [0, 0.05) is 36.9 Å². The summed E-state index contributed by atoms with van der Waals surface area (Å²) in [6.45, 7) is 1.66. The number of aromatic nitrogens is 4. The van der Waals surface area contributed by atoms with Crippen LogP contribution in [0, 0.1) is 0 Å². The van der Waals surface area contributed by atoms with Gasteiger partial charge in [-0.25, -0.2) is 4.98 Å². The van der Waals surface area contributed by atoms with E-state index in [4.69, 9.17) is 0 Å². The molecule has 24 heavy (non-hydrogen) atoms. The number of H-pyrrole nitrogens is 1. The van der Waals surface area contributed by atoms with E-state index >= 15 is 0 Å². The number of amides is 1. The molecule has 2 aromatic heterocycles. The number of hydrogen-bond acceptors (Lipinski definition) is 5. The second-order valence-electron chi connectivity index (χ2n) is 5.94. The third kappa shape index (κ3) is 2.80.